The van der Waals surface area contributed by atoms with E-state index in [0.717, 1.165) is 19.4 Å². The van der Waals surface area contributed by atoms with Crippen LogP contribution >= 0.6 is 11.6 Å². The van der Waals surface area contributed by atoms with Crippen LogP contribution in [0, 0.1) is 5.82 Å². The molecule has 0 amide bonds. The molecule has 3 heterocycles. The zero-order valence-corrected chi connectivity index (χ0v) is 15.9. The van der Waals surface area contributed by atoms with Gasteiger partial charge in [-0.3, -0.25) is 0 Å². The van der Waals surface area contributed by atoms with Gasteiger partial charge >= 0.3 is 5.97 Å². The van der Waals surface area contributed by atoms with Gasteiger partial charge in [0, 0.05) is 24.9 Å². The van der Waals surface area contributed by atoms with E-state index in [1.165, 1.54) is 17.2 Å². The summed E-state index contributed by atoms with van der Waals surface area (Å²) < 4.78 is 51.1. The minimum absolute atomic E-state index is 0.0182. The van der Waals surface area contributed by atoms with Gasteiger partial charge in [0.1, 0.15) is 12.2 Å². The molecule has 1 unspecified atom stereocenters. The number of carbonyl (C=O) groups is 1. The second kappa shape index (κ2) is 8.83. The second-order valence-electron chi connectivity index (χ2n) is 6.36. The van der Waals surface area contributed by atoms with Gasteiger partial charge in [0.2, 0.25) is 5.88 Å². The standard InChI is InChI=1S/C18H17ClF3N3O4/c1-28-18(27)9-4-12(20)17(24-6-9)25-8-11(5-13(25)15(26)16(21)22)29-14-3-2-10(19)7-23-14/h2-4,6-7,11,13,15-16,26H,5,8H2,1H3/t11-,13-,15?/m0/s1. The lowest BCUT2D eigenvalue weighted by Gasteiger charge is -2.28. The number of pyridine rings is 2. The summed E-state index contributed by atoms with van der Waals surface area (Å²) in [7, 11) is 1.14. The Hall–Kier alpha value is -2.59. The minimum atomic E-state index is -3.05. The SMILES string of the molecule is COC(=O)c1cnc(N2C[C@@H](Oc3ccc(Cl)cn3)C[C@H]2C(O)C(F)F)c(F)c1. The van der Waals surface area contributed by atoms with E-state index < -0.39 is 36.5 Å². The maximum absolute atomic E-state index is 14.6. The van der Waals surface area contributed by atoms with Crippen molar-refractivity contribution in [1.29, 1.82) is 0 Å². The number of methoxy groups -OCH3 is 1. The van der Waals surface area contributed by atoms with Crippen LogP contribution < -0.4 is 9.64 Å². The third-order valence-corrected chi connectivity index (χ3v) is 4.68. The molecule has 1 saturated heterocycles. The maximum Gasteiger partial charge on any atom is 0.339 e. The van der Waals surface area contributed by atoms with Crippen molar-refractivity contribution in [1.82, 2.24) is 9.97 Å². The number of alkyl halides is 2. The van der Waals surface area contributed by atoms with Gasteiger partial charge < -0.3 is 19.5 Å². The first-order chi connectivity index (χ1) is 13.8. The number of rotatable bonds is 6. The first-order valence-electron chi connectivity index (χ1n) is 8.55. The molecule has 29 heavy (non-hydrogen) atoms. The van der Waals surface area contributed by atoms with Crippen molar-refractivity contribution in [2.75, 3.05) is 18.6 Å². The number of ether oxygens (including phenoxy) is 2. The van der Waals surface area contributed by atoms with Crippen molar-refractivity contribution in [3.8, 4) is 5.88 Å². The van der Waals surface area contributed by atoms with Gasteiger partial charge in [-0.1, -0.05) is 11.6 Å². The molecule has 2 aromatic heterocycles. The number of aliphatic hydroxyl groups excluding tert-OH is 1. The third kappa shape index (κ3) is 4.70. The fourth-order valence-electron chi connectivity index (χ4n) is 3.12. The zero-order valence-electron chi connectivity index (χ0n) is 15.1. The average Bonchev–Trinajstić information content (AvgIpc) is 3.11. The highest BCUT2D eigenvalue weighted by atomic mass is 35.5. The van der Waals surface area contributed by atoms with Crippen LogP contribution in [-0.4, -0.2) is 59.4 Å². The number of nitrogens with zero attached hydrogens (tertiary/aromatic N) is 3. The van der Waals surface area contributed by atoms with E-state index in [2.05, 4.69) is 14.7 Å². The highest BCUT2D eigenvalue weighted by Crippen LogP contribution is 2.32. The number of aliphatic hydroxyl groups is 1. The predicted octanol–water partition coefficient (Wildman–Crippen LogP) is 2.71. The van der Waals surface area contributed by atoms with Crippen LogP contribution in [0.2, 0.25) is 5.02 Å². The lowest BCUT2D eigenvalue weighted by Crippen LogP contribution is -2.43. The fourth-order valence-corrected chi connectivity index (χ4v) is 3.23. The van der Waals surface area contributed by atoms with Crippen molar-refractivity contribution in [3.63, 3.8) is 0 Å². The Morgan fingerprint density at radius 2 is 2.10 bits per heavy atom. The number of halogens is 4. The van der Waals surface area contributed by atoms with Crippen molar-refractivity contribution < 1.29 is 32.5 Å². The van der Waals surface area contributed by atoms with E-state index in [-0.39, 0.29) is 30.2 Å². The Labute approximate surface area is 169 Å². The van der Waals surface area contributed by atoms with E-state index in [4.69, 9.17) is 16.3 Å². The number of hydrogen-bond donors (Lipinski definition) is 1. The molecular formula is C18H17ClF3N3O4. The topological polar surface area (TPSA) is 84.8 Å². The van der Waals surface area contributed by atoms with Gasteiger partial charge in [-0.2, -0.15) is 0 Å². The first-order valence-corrected chi connectivity index (χ1v) is 8.93. The molecule has 0 bridgehead atoms. The zero-order chi connectivity index (χ0) is 21.1. The molecule has 2 aromatic rings. The number of esters is 1. The summed E-state index contributed by atoms with van der Waals surface area (Å²) in [4.78, 5) is 20.6. The van der Waals surface area contributed by atoms with Crippen molar-refractivity contribution in [3.05, 3.63) is 47.0 Å². The van der Waals surface area contributed by atoms with Gasteiger partial charge in [-0.05, 0) is 12.1 Å². The Morgan fingerprint density at radius 3 is 2.69 bits per heavy atom. The fraction of sp³-hybridized carbons (Fsp3) is 0.389. The van der Waals surface area contributed by atoms with Gasteiger partial charge in [0.05, 0.1) is 30.3 Å². The molecule has 1 N–H and O–H groups in total. The molecule has 0 aliphatic carbocycles. The summed E-state index contributed by atoms with van der Waals surface area (Å²) in [5.41, 5.74) is -0.128. The van der Waals surface area contributed by atoms with Crippen LogP contribution in [-0.2, 0) is 4.74 Å². The predicted molar refractivity (Wildman–Crippen MR) is 97.0 cm³/mol. The third-order valence-electron chi connectivity index (χ3n) is 4.46. The molecular weight excluding hydrogens is 415 g/mol. The molecule has 3 atom stereocenters. The molecule has 1 aliphatic heterocycles. The van der Waals surface area contributed by atoms with E-state index in [9.17, 15) is 23.1 Å². The molecule has 156 valence electrons. The Bertz CT molecular complexity index is 872. The van der Waals surface area contributed by atoms with Crippen molar-refractivity contribution in [2.45, 2.75) is 31.1 Å². The monoisotopic (exact) mass is 431 g/mol. The van der Waals surface area contributed by atoms with Crippen LogP contribution in [0.4, 0.5) is 19.0 Å². The normalized spacial score (nSPS) is 20.0. The van der Waals surface area contributed by atoms with Gasteiger partial charge in [0.25, 0.3) is 6.43 Å². The molecule has 11 heteroatoms. The molecule has 0 saturated carbocycles. The Kier molecular flexibility index (Phi) is 6.43. The van der Waals surface area contributed by atoms with Crippen LogP contribution in [0.3, 0.4) is 0 Å². The Morgan fingerprint density at radius 1 is 1.34 bits per heavy atom. The summed E-state index contributed by atoms with van der Waals surface area (Å²) in [6.45, 7) is -0.0275. The molecule has 7 nitrogen and oxygen atoms in total. The lowest BCUT2D eigenvalue weighted by atomic mass is 10.1. The first kappa shape index (κ1) is 21.1. The summed E-state index contributed by atoms with van der Waals surface area (Å²) in [6, 6.07) is 2.80. The molecule has 1 aliphatic rings. The summed E-state index contributed by atoms with van der Waals surface area (Å²) in [5, 5.41) is 10.3. The molecule has 0 aromatic carbocycles. The molecule has 0 spiro atoms. The van der Waals surface area contributed by atoms with Crippen LogP contribution in [0.25, 0.3) is 0 Å². The lowest BCUT2D eigenvalue weighted by molar-refractivity contribution is -0.0196. The molecule has 3 rings (SSSR count). The highest BCUT2D eigenvalue weighted by molar-refractivity contribution is 6.30. The van der Waals surface area contributed by atoms with Crippen LogP contribution in [0.1, 0.15) is 16.8 Å². The quantitative estimate of drug-likeness (QED) is 0.704. The smallest absolute Gasteiger partial charge is 0.339 e. The van der Waals surface area contributed by atoms with Gasteiger partial charge in [-0.25, -0.2) is 27.9 Å². The number of hydrogen-bond acceptors (Lipinski definition) is 7. The second-order valence-corrected chi connectivity index (χ2v) is 6.79. The maximum atomic E-state index is 14.6. The van der Waals surface area contributed by atoms with Crippen LogP contribution in [0.15, 0.2) is 30.6 Å². The van der Waals surface area contributed by atoms with Crippen molar-refractivity contribution >= 4 is 23.4 Å². The van der Waals surface area contributed by atoms with Gasteiger partial charge in [0.15, 0.2) is 11.6 Å². The number of aromatic nitrogens is 2. The summed E-state index contributed by atoms with van der Waals surface area (Å²) >= 11 is 5.77. The van der Waals surface area contributed by atoms with E-state index in [1.54, 1.807) is 6.07 Å². The molecule has 1 fully saturated rings. The highest BCUT2D eigenvalue weighted by Gasteiger charge is 2.43. The van der Waals surface area contributed by atoms with E-state index >= 15 is 0 Å². The largest absolute Gasteiger partial charge is 0.472 e. The Balaban J connectivity index is 1.86. The number of carbonyl (C=O) groups excluding carboxylic acids is 1. The van der Waals surface area contributed by atoms with E-state index in [0.29, 0.717) is 5.02 Å². The van der Waals surface area contributed by atoms with E-state index in [1.807, 2.05) is 0 Å². The molecule has 0 radical (unpaired) electrons. The van der Waals surface area contributed by atoms with Gasteiger partial charge in [-0.15, -0.1) is 0 Å². The van der Waals surface area contributed by atoms with Crippen molar-refractivity contribution in [2.24, 2.45) is 0 Å². The van der Waals surface area contributed by atoms with Crippen LogP contribution in [0.5, 0.6) is 5.88 Å². The summed E-state index contributed by atoms with van der Waals surface area (Å²) in [5.74, 6) is -1.77. The number of anilines is 1. The minimum Gasteiger partial charge on any atom is -0.472 e. The average molecular weight is 432 g/mol. The summed E-state index contributed by atoms with van der Waals surface area (Å²) in [6.07, 6.45) is -3.35.